The second kappa shape index (κ2) is 3.01. The minimum absolute atomic E-state index is 0.228. The molecule has 0 aliphatic carbocycles. The Bertz CT molecular complexity index is 351. The summed E-state index contributed by atoms with van der Waals surface area (Å²) < 4.78 is 9.65. The highest BCUT2D eigenvalue weighted by Gasteiger charge is 2.17. The van der Waals surface area contributed by atoms with Crippen LogP contribution in [0.5, 0.6) is 5.88 Å². The Balaban J connectivity index is 2.36. The van der Waals surface area contributed by atoms with Gasteiger partial charge in [-0.05, 0) is 6.07 Å². The predicted molar refractivity (Wildman–Crippen MR) is 42.6 cm³/mol. The molecule has 13 heavy (non-hydrogen) atoms. The van der Waals surface area contributed by atoms with Crippen molar-refractivity contribution in [2.24, 2.45) is 0 Å². The number of carbonyl (C=O) groups excluding carboxylic acids is 1. The summed E-state index contributed by atoms with van der Waals surface area (Å²) in [5, 5.41) is 7.43. The van der Waals surface area contributed by atoms with Gasteiger partial charge in [0.1, 0.15) is 0 Å². The summed E-state index contributed by atoms with van der Waals surface area (Å²) >= 11 is 0. The van der Waals surface area contributed by atoms with Crippen molar-refractivity contribution < 1.29 is 14.3 Å². The van der Waals surface area contributed by atoms with Crippen molar-refractivity contribution in [3.8, 4) is 5.88 Å². The molecule has 0 N–H and O–H groups in total. The van der Waals surface area contributed by atoms with Crippen molar-refractivity contribution >= 4 is 5.97 Å². The van der Waals surface area contributed by atoms with Gasteiger partial charge in [0.15, 0.2) is 5.69 Å². The first kappa shape index (κ1) is 7.97. The summed E-state index contributed by atoms with van der Waals surface area (Å²) in [6, 6.07) is 1.65. The van der Waals surface area contributed by atoms with E-state index in [0.29, 0.717) is 12.5 Å². The van der Waals surface area contributed by atoms with E-state index < -0.39 is 5.97 Å². The van der Waals surface area contributed by atoms with Gasteiger partial charge in [-0.3, -0.25) is 0 Å². The number of ether oxygens (including phenoxy) is 2. The molecule has 0 atom stereocenters. The summed E-state index contributed by atoms with van der Waals surface area (Å²) in [5.74, 6) is 0.0508. The Morgan fingerprint density at radius 3 is 3.23 bits per heavy atom. The van der Waals surface area contributed by atoms with E-state index in [9.17, 15) is 4.79 Å². The lowest BCUT2D eigenvalue weighted by molar-refractivity contribution is 0.0592. The highest BCUT2D eigenvalue weighted by atomic mass is 16.5. The van der Waals surface area contributed by atoms with Crippen LogP contribution in [0.2, 0.25) is 0 Å². The fourth-order valence-corrected chi connectivity index (χ4v) is 1.18. The van der Waals surface area contributed by atoms with E-state index in [1.54, 1.807) is 6.07 Å². The normalized spacial score (nSPS) is 13.3. The zero-order chi connectivity index (χ0) is 9.26. The molecule has 1 aliphatic heterocycles. The Morgan fingerprint density at radius 2 is 2.46 bits per heavy atom. The number of aromatic nitrogens is 2. The van der Waals surface area contributed by atoms with Crippen LogP contribution < -0.4 is 4.74 Å². The standard InChI is InChI=1S/C8H8N2O3/c1-12-8(11)6-4-5-2-3-13-7(5)10-9-6/h4H,2-3H2,1H3. The van der Waals surface area contributed by atoms with Crippen molar-refractivity contribution in [3.05, 3.63) is 17.3 Å². The second-order valence-corrected chi connectivity index (χ2v) is 2.65. The van der Waals surface area contributed by atoms with Gasteiger partial charge >= 0.3 is 5.97 Å². The lowest BCUT2D eigenvalue weighted by Gasteiger charge is -1.98. The van der Waals surface area contributed by atoms with Gasteiger partial charge in [-0.2, -0.15) is 0 Å². The van der Waals surface area contributed by atoms with E-state index >= 15 is 0 Å². The molecule has 1 aliphatic rings. The molecule has 0 amide bonds. The fraction of sp³-hybridized carbons (Fsp3) is 0.375. The van der Waals surface area contributed by atoms with Gasteiger partial charge in [0.05, 0.1) is 13.7 Å². The Morgan fingerprint density at radius 1 is 1.62 bits per heavy atom. The first-order valence-electron chi connectivity index (χ1n) is 3.89. The van der Waals surface area contributed by atoms with Gasteiger partial charge in [-0.25, -0.2) is 4.79 Å². The number of nitrogens with zero attached hydrogens (tertiary/aromatic N) is 2. The molecule has 2 heterocycles. The molecule has 5 nitrogen and oxygen atoms in total. The highest BCUT2D eigenvalue weighted by Crippen LogP contribution is 2.21. The van der Waals surface area contributed by atoms with Crippen LogP contribution in [0.25, 0.3) is 0 Å². The van der Waals surface area contributed by atoms with Gasteiger partial charge in [0.2, 0.25) is 5.88 Å². The van der Waals surface area contributed by atoms with Crippen LogP contribution in [0.1, 0.15) is 16.1 Å². The predicted octanol–water partition coefficient (Wildman–Crippen LogP) is 0.198. The third-order valence-electron chi connectivity index (χ3n) is 1.84. The maximum absolute atomic E-state index is 11.0. The molecule has 0 saturated carbocycles. The maximum Gasteiger partial charge on any atom is 0.358 e. The number of rotatable bonds is 1. The number of esters is 1. The maximum atomic E-state index is 11.0. The largest absolute Gasteiger partial charge is 0.476 e. The van der Waals surface area contributed by atoms with Gasteiger partial charge in [-0.1, -0.05) is 0 Å². The number of fused-ring (bicyclic) bond motifs is 1. The summed E-state index contributed by atoms with van der Waals surface area (Å²) in [6.07, 6.45) is 0.773. The molecule has 0 spiro atoms. The van der Waals surface area contributed by atoms with Crippen molar-refractivity contribution in [2.75, 3.05) is 13.7 Å². The zero-order valence-corrected chi connectivity index (χ0v) is 7.11. The molecule has 0 aromatic carbocycles. The molecule has 0 unspecified atom stereocenters. The van der Waals surface area contributed by atoms with Gasteiger partial charge < -0.3 is 9.47 Å². The third kappa shape index (κ3) is 1.32. The number of hydrogen-bond acceptors (Lipinski definition) is 5. The molecule has 1 aromatic heterocycles. The summed E-state index contributed by atoms with van der Waals surface area (Å²) in [6.45, 7) is 0.606. The van der Waals surface area contributed by atoms with Crippen molar-refractivity contribution in [1.29, 1.82) is 0 Å². The lowest BCUT2D eigenvalue weighted by atomic mass is 10.2. The second-order valence-electron chi connectivity index (χ2n) is 2.65. The molecule has 5 heteroatoms. The van der Waals surface area contributed by atoms with Crippen molar-refractivity contribution in [2.45, 2.75) is 6.42 Å². The average Bonchev–Trinajstić information content (AvgIpc) is 2.63. The van der Waals surface area contributed by atoms with Gasteiger partial charge in [-0.15, -0.1) is 10.2 Å². The van der Waals surface area contributed by atoms with E-state index in [4.69, 9.17) is 4.74 Å². The minimum atomic E-state index is -0.470. The monoisotopic (exact) mass is 180 g/mol. The van der Waals surface area contributed by atoms with Crippen molar-refractivity contribution in [3.63, 3.8) is 0 Å². The molecule has 0 bridgehead atoms. The van der Waals surface area contributed by atoms with Crippen LogP contribution in [0.4, 0.5) is 0 Å². The quantitative estimate of drug-likeness (QED) is 0.577. The van der Waals surface area contributed by atoms with E-state index in [1.807, 2.05) is 0 Å². The smallest absolute Gasteiger partial charge is 0.358 e. The summed E-state index contributed by atoms with van der Waals surface area (Å²) in [4.78, 5) is 11.0. The van der Waals surface area contributed by atoms with Crippen LogP contribution in [0, 0.1) is 0 Å². The lowest BCUT2D eigenvalue weighted by Crippen LogP contribution is -2.06. The van der Waals surface area contributed by atoms with E-state index in [-0.39, 0.29) is 5.69 Å². The van der Waals surface area contributed by atoms with E-state index in [1.165, 1.54) is 7.11 Å². The molecule has 0 saturated heterocycles. The van der Waals surface area contributed by atoms with Crippen LogP contribution in [-0.4, -0.2) is 29.9 Å². The minimum Gasteiger partial charge on any atom is -0.476 e. The average molecular weight is 180 g/mol. The summed E-state index contributed by atoms with van der Waals surface area (Å²) in [7, 11) is 1.31. The molecular formula is C8H8N2O3. The third-order valence-corrected chi connectivity index (χ3v) is 1.84. The Hall–Kier alpha value is -1.65. The molecule has 1 aromatic rings. The van der Waals surface area contributed by atoms with Crippen LogP contribution in [0.3, 0.4) is 0 Å². The Kier molecular flexibility index (Phi) is 1.84. The van der Waals surface area contributed by atoms with Gasteiger partial charge in [0, 0.05) is 12.0 Å². The number of carbonyl (C=O) groups is 1. The van der Waals surface area contributed by atoms with Crippen LogP contribution >= 0.6 is 0 Å². The molecular weight excluding hydrogens is 172 g/mol. The zero-order valence-electron chi connectivity index (χ0n) is 7.11. The highest BCUT2D eigenvalue weighted by molar-refractivity contribution is 5.87. The number of hydrogen-bond donors (Lipinski definition) is 0. The SMILES string of the molecule is COC(=O)c1cc2c(nn1)OCC2. The number of methoxy groups -OCH3 is 1. The first-order valence-corrected chi connectivity index (χ1v) is 3.89. The first-order chi connectivity index (χ1) is 6.31. The van der Waals surface area contributed by atoms with E-state index in [2.05, 4.69) is 14.9 Å². The van der Waals surface area contributed by atoms with Crippen LogP contribution in [-0.2, 0) is 11.2 Å². The molecule has 0 fully saturated rings. The Labute approximate surface area is 74.7 Å². The van der Waals surface area contributed by atoms with Crippen LogP contribution in [0.15, 0.2) is 6.07 Å². The topological polar surface area (TPSA) is 61.3 Å². The van der Waals surface area contributed by atoms with Crippen molar-refractivity contribution in [1.82, 2.24) is 10.2 Å². The fourth-order valence-electron chi connectivity index (χ4n) is 1.18. The summed E-state index contributed by atoms with van der Waals surface area (Å²) in [5.41, 5.74) is 1.14. The molecule has 2 rings (SSSR count). The van der Waals surface area contributed by atoms with E-state index in [0.717, 1.165) is 12.0 Å². The van der Waals surface area contributed by atoms with Gasteiger partial charge in [0.25, 0.3) is 0 Å². The molecule has 0 radical (unpaired) electrons. The molecule has 68 valence electrons.